The topological polar surface area (TPSA) is 39.2 Å². The second-order valence-corrected chi connectivity index (χ2v) is 4.67. The zero-order valence-corrected chi connectivity index (χ0v) is 10.6. The van der Waals surface area contributed by atoms with Crippen LogP contribution in [-0.4, -0.2) is 0 Å². The highest BCUT2D eigenvalue weighted by Crippen LogP contribution is 2.32. The Hall–Kier alpha value is -2.13. The van der Waals surface area contributed by atoms with Crippen LogP contribution in [0.1, 0.15) is 18.5 Å². The summed E-state index contributed by atoms with van der Waals surface area (Å²) in [5.74, 6) is 0.453. The van der Waals surface area contributed by atoms with Crippen LogP contribution in [0.4, 0.5) is 4.39 Å². The number of benzene rings is 2. The fraction of sp³-hybridized carbons (Fsp3) is 0.125. The van der Waals surface area contributed by atoms with Gasteiger partial charge in [0, 0.05) is 17.0 Å². The van der Waals surface area contributed by atoms with Gasteiger partial charge in [-0.3, -0.25) is 0 Å². The standard InChI is InChI=1S/C16H14FNO/c1-10(18)13-4-2-3-5-14(13)16-9-11-8-12(17)6-7-15(11)19-16/h2-10H,18H2,1H3. The van der Waals surface area contributed by atoms with Crippen molar-refractivity contribution in [3.05, 3.63) is 59.9 Å². The second kappa shape index (κ2) is 4.52. The molecule has 1 aromatic heterocycles. The highest BCUT2D eigenvalue weighted by Gasteiger charge is 2.12. The minimum atomic E-state index is -0.264. The number of hydrogen-bond donors (Lipinski definition) is 1. The van der Waals surface area contributed by atoms with Gasteiger partial charge < -0.3 is 10.2 Å². The first-order chi connectivity index (χ1) is 9.15. The van der Waals surface area contributed by atoms with Gasteiger partial charge in [-0.2, -0.15) is 0 Å². The van der Waals surface area contributed by atoms with E-state index in [-0.39, 0.29) is 11.9 Å². The van der Waals surface area contributed by atoms with E-state index in [0.29, 0.717) is 11.3 Å². The van der Waals surface area contributed by atoms with Gasteiger partial charge in [0.05, 0.1) is 0 Å². The van der Waals surface area contributed by atoms with Crippen LogP contribution in [0.2, 0.25) is 0 Å². The van der Waals surface area contributed by atoms with E-state index in [1.165, 1.54) is 12.1 Å². The SMILES string of the molecule is CC(N)c1ccccc1-c1cc2cc(F)ccc2o1. The molecular formula is C16H14FNO. The summed E-state index contributed by atoms with van der Waals surface area (Å²) >= 11 is 0. The molecule has 0 spiro atoms. The molecule has 0 amide bonds. The van der Waals surface area contributed by atoms with Crippen LogP contribution < -0.4 is 5.73 Å². The number of hydrogen-bond acceptors (Lipinski definition) is 2. The maximum Gasteiger partial charge on any atom is 0.135 e. The first kappa shape index (κ1) is 11.9. The largest absolute Gasteiger partial charge is 0.456 e. The van der Waals surface area contributed by atoms with E-state index in [2.05, 4.69) is 0 Å². The third-order valence-corrected chi connectivity index (χ3v) is 3.20. The molecule has 0 saturated carbocycles. The van der Waals surface area contributed by atoms with Crippen LogP contribution in [0.3, 0.4) is 0 Å². The Balaban J connectivity index is 2.19. The van der Waals surface area contributed by atoms with Crippen molar-refractivity contribution in [3.63, 3.8) is 0 Å². The van der Waals surface area contributed by atoms with Gasteiger partial charge in [0.15, 0.2) is 0 Å². The zero-order chi connectivity index (χ0) is 13.4. The molecule has 2 nitrogen and oxygen atoms in total. The van der Waals surface area contributed by atoms with E-state index in [1.54, 1.807) is 6.07 Å². The fourth-order valence-corrected chi connectivity index (χ4v) is 2.27. The summed E-state index contributed by atoms with van der Waals surface area (Å²) in [5, 5.41) is 0.759. The molecule has 1 atom stereocenters. The Bertz CT molecular complexity index is 730. The molecule has 1 heterocycles. The number of furan rings is 1. The van der Waals surface area contributed by atoms with Crippen molar-refractivity contribution in [2.24, 2.45) is 5.73 Å². The molecule has 2 aromatic carbocycles. The molecule has 3 aromatic rings. The predicted octanol–water partition coefficient (Wildman–Crippen LogP) is 4.26. The first-order valence-corrected chi connectivity index (χ1v) is 6.19. The normalized spacial score (nSPS) is 12.8. The average Bonchev–Trinajstić information content (AvgIpc) is 2.81. The molecule has 0 aliphatic carbocycles. The molecule has 0 bridgehead atoms. The van der Waals surface area contributed by atoms with Crippen molar-refractivity contribution in [3.8, 4) is 11.3 Å². The summed E-state index contributed by atoms with van der Waals surface area (Å²) in [4.78, 5) is 0. The van der Waals surface area contributed by atoms with Crippen LogP contribution >= 0.6 is 0 Å². The van der Waals surface area contributed by atoms with Crippen molar-refractivity contribution >= 4 is 11.0 Å². The Morgan fingerprint density at radius 3 is 2.68 bits per heavy atom. The summed E-state index contributed by atoms with van der Waals surface area (Å²) < 4.78 is 19.0. The number of rotatable bonds is 2. The van der Waals surface area contributed by atoms with E-state index in [1.807, 2.05) is 37.3 Å². The molecule has 96 valence electrons. The molecule has 3 heteroatoms. The molecule has 1 unspecified atom stereocenters. The third kappa shape index (κ3) is 2.13. The minimum absolute atomic E-state index is 0.0823. The van der Waals surface area contributed by atoms with E-state index in [4.69, 9.17) is 10.2 Å². The fourth-order valence-electron chi connectivity index (χ4n) is 2.27. The zero-order valence-electron chi connectivity index (χ0n) is 10.6. The number of fused-ring (bicyclic) bond motifs is 1. The van der Waals surface area contributed by atoms with Crippen LogP contribution in [0, 0.1) is 5.82 Å². The lowest BCUT2D eigenvalue weighted by Gasteiger charge is -2.10. The van der Waals surface area contributed by atoms with Crippen LogP contribution in [0.25, 0.3) is 22.3 Å². The highest BCUT2D eigenvalue weighted by atomic mass is 19.1. The summed E-state index contributed by atoms with van der Waals surface area (Å²) in [7, 11) is 0. The quantitative estimate of drug-likeness (QED) is 0.743. The maximum atomic E-state index is 13.2. The van der Waals surface area contributed by atoms with Gasteiger partial charge in [0.2, 0.25) is 0 Å². The van der Waals surface area contributed by atoms with Gasteiger partial charge in [-0.05, 0) is 36.8 Å². The molecule has 0 radical (unpaired) electrons. The summed E-state index contributed by atoms with van der Waals surface area (Å²) in [5.41, 5.74) is 8.61. The van der Waals surface area contributed by atoms with E-state index in [0.717, 1.165) is 16.5 Å². The van der Waals surface area contributed by atoms with Crippen molar-refractivity contribution < 1.29 is 8.81 Å². The Labute approximate surface area is 110 Å². The molecule has 2 N–H and O–H groups in total. The second-order valence-electron chi connectivity index (χ2n) is 4.67. The van der Waals surface area contributed by atoms with Crippen molar-refractivity contribution in [1.29, 1.82) is 0 Å². The van der Waals surface area contributed by atoms with Crippen LogP contribution in [0.15, 0.2) is 52.9 Å². The lowest BCUT2D eigenvalue weighted by molar-refractivity contribution is 0.618. The molecule has 19 heavy (non-hydrogen) atoms. The van der Waals surface area contributed by atoms with Crippen molar-refractivity contribution in [1.82, 2.24) is 0 Å². The van der Waals surface area contributed by atoms with E-state index < -0.39 is 0 Å². The Morgan fingerprint density at radius 1 is 1.11 bits per heavy atom. The predicted molar refractivity (Wildman–Crippen MR) is 74.2 cm³/mol. The smallest absolute Gasteiger partial charge is 0.135 e. The third-order valence-electron chi connectivity index (χ3n) is 3.20. The first-order valence-electron chi connectivity index (χ1n) is 6.19. The van der Waals surface area contributed by atoms with Gasteiger partial charge in [0.1, 0.15) is 17.2 Å². The molecule has 0 aliphatic rings. The molecule has 3 rings (SSSR count). The van der Waals surface area contributed by atoms with Gasteiger partial charge in [0.25, 0.3) is 0 Å². The lowest BCUT2D eigenvalue weighted by atomic mass is 10.0. The van der Waals surface area contributed by atoms with Crippen LogP contribution in [-0.2, 0) is 0 Å². The molecular weight excluding hydrogens is 241 g/mol. The average molecular weight is 255 g/mol. The highest BCUT2D eigenvalue weighted by molar-refractivity contribution is 5.83. The minimum Gasteiger partial charge on any atom is -0.456 e. The summed E-state index contributed by atoms with van der Waals surface area (Å²) in [6.07, 6.45) is 0. The van der Waals surface area contributed by atoms with Crippen LogP contribution in [0.5, 0.6) is 0 Å². The van der Waals surface area contributed by atoms with Gasteiger partial charge in [-0.15, -0.1) is 0 Å². The summed E-state index contributed by atoms with van der Waals surface area (Å²) in [6, 6.07) is 14.1. The van der Waals surface area contributed by atoms with E-state index >= 15 is 0 Å². The van der Waals surface area contributed by atoms with Crippen molar-refractivity contribution in [2.75, 3.05) is 0 Å². The Kier molecular flexibility index (Phi) is 2.84. The van der Waals surface area contributed by atoms with E-state index in [9.17, 15) is 4.39 Å². The van der Waals surface area contributed by atoms with Gasteiger partial charge in [-0.25, -0.2) is 4.39 Å². The maximum absolute atomic E-state index is 13.2. The molecule has 0 aliphatic heterocycles. The Morgan fingerprint density at radius 2 is 1.89 bits per heavy atom. The van der Waals surface area contributed by atoms with Gasteiger partial charge in [-0.1, -0.05) is 24.3 Å². The molecule has 0 saturated heterocycles. The number of nitrogens with two attached hydrogens (primary N) is 1. The monoisotopic (exact) mass is 255 g/mol. The lowest BCUT2D eigenvalue weighted by Crippen LogP contribution is -2.06. The number of halogens is 1. The van der Waals surface area contributed by atoms with Gasteiger partial charge >= 0.3 is 0 Å². The molecule has 0 fully saturated rings. The summed E-state index contributed by atoms with van der Waals surface area (Å²) in [6.45, 7) is 1.93. The van der Waals surface area contributed by atoms with Crippen molar-refractivity contribution in [2.45, 2.75) is 13.0 Å².